The van der Waals surface area contributed by atoms with E-state index >= 15 is 0 Å². The number of fused-ring (bicyclic) bond motifs is 5. The quantitative estimate of drug-likeness (QED) is 0.482. The van der Waals surface area contributed by atoms with Gasteiger partial charge in [0.25, 0.3) is 0 Å². The summed E-state index contributed by atoms with van der Waals surface area (Å²) in [7, 11) is 0. The van der Waals surface area contributed by atoms with Crippen LogP contribution in [0.5, 0.6) is 0 Å². The third kappa shape index (κ3) is 4.37. The van der Waals surface area contributed by atoms with Gasteiger partial charge in [-0.1, -0.05) is 0 Å². The maximum atomic E-state index is 5.16. The molecule has 0 amide bonds. The number of rotatable bonds is 3. The Morgan fingerprint density at radius 2 is 1.18 bits per heavy atom. The maximum Gasteiger partial charge on any atom is -1.00 e. The van der Waals surface area contributed by atoms with E-state index in [0.717, 1.165) is 0 Å². The van der Waals surface area contributed by atoms with E-state index in [4.69, 9.17) is 4.21 Å². The Hall–Kier alpha value is -1.27. The van der Waals surface area contributed by atoms with Gasteiger partial charge in [0, 0.05) is 0 Å². The summed E-state index contributed by atoms with van der Waals surface area (Å²) in [5.74, 6) is 1.11. The van der Waals surface area contributed by atoms with Crippen molar-refractivity contribution in [2.45, 2.75) is 83.7 Å². The van der Waals surface area contributed by atoms with Crippen LogP contribution in [0, 0.1) is 11.8 Å². The number of halogens is 2. The van der Waals surface area contributed by atoms with Crippen LogP contribution in [0.15, 0.2) is 56.9 Å². The second-order valence-corrected chi connectivity index (χ2v) is 19.0. The summed E-state index contributed by atoms with van der Waals surface area (Å²) in [5.41, 5.74) is 18.2. The summed E-state index contributed by atoms with van der Waals surface area (Å²) in [6.45, 7) is 23.6. The van der Waals surface area contributed by atoms with E-state index in [1.54, 1.807) is 25.6 Å². The predicted octanol–water partition coefficient (Wildman–Crippen LogP) is 3.71. The molecule has 0 saturated carbocycles. The first-order valence-electron chi connectivity index (χ1n) is 14.1. The number of hydrogen-bond donors (Lipinski definition) is 0. The van der Waals surface area contributed by atoms with Gasteiger partial charge in [-0.2, -0.15) is 0 Å². The molecule has 3 heteroatoms. The SMILES string of the molecule is [CH2]=[Zr+2]([C]1=C(C)C(C(C)C)=CC1C)[CH]1c2cc3c(cc2-c2cc4c(cc21)C(C)(C)C=C4C)C(C)=CC3(C)C.[Cl-].[Cl-]. The van der Waals surface area contributed by atoms with Crippen molar-refractivity contribution in [3.63, 3.8) is 0 Å². The van der Waals surface area contributed by atoms with E-state index in [2.05, 4.69) is 112 Å². The Kier molecular flexibility index (Phi) is 7.81. The molecule has 4 aliphatic carbocycles. The van der Waals surface area contributed by atoms with E-state index < -0.39 is 21.3 Å². The molecular formula is C36H42Cl2Zr. The van der Waals surface area contributed by atoms with Crippen molar-refractivity contribution < 1.29 is 46.1 Å². The van der Waals surface area contributed by atoms with E-state index in [-0.39, 0.29) is 35.6 Å². The summed E-state index contributed by atoms with van der Waals surface area (Å²) < 4.78 is 7.37. The third-order valence-electron chi connectivity index (χ3n) is 9.72. The Morgan fingerprint density at radius 1 is 0.744 bits per heavy atom. The minimum absolute atomic E-state index is 0. The maximum absolute atomic E-state index is 5.16. The Bertz CT molecular complexity index is 1470. The summed E-state index contributed by atoms with van der Waals surface area (Å²) in [6, 6.07) is 10.3. The Labute approximate surface area is 256 Å². The van der Waals surface area contributed by atoms with E-state index in [1.165, 1.54) is 44.5 Å². The molecule has 39 heavy (non-hydrogen) atoms. The predicted molar refractivity (Wildman–Crippen MR) is 159 cm³/mol. The zero-order chi connectivity index (χ0) is 26.8. The second-order valence-electron chi connectivity index (χ2n) is 13.6. The van der Waals surface area contributed by atoms with Crippen LogP contribution in [0.4, 0.5) is 0 Å². The van der Waals surface area contributed by atoms with E-state index in [9.17, 15) is 0 Å². The molecule has 0 radical (unpaired) electrons. The van der Waals surface area contributed by atoms with Gasteiger partial charge in [0.05, 0.1) is 0 Å². The fraction of sp³-hybridized carbons (Fsp3) is 0.417. The van der Waals surface area contributed by atoms with E-state index in [0.29, 0.717) is 15.5 Å². The summed E-state index contributed by atoms with van der Waals surface area (Å²) in [4.78, 5) is 0. The van der Waals surface area contributed by atoms with Gasteiger partial charge in [0.2, 0.25) is 0 Å². The molecule has 0 nitrogen and oxygen atoms in total. The second kappa shape index (κ2) is 9.93. The van der Waals surface area contributed by atoms with Crippen LogP contribution >= 0.6 is 0 Å². The van der Waals surface area contributed by atoms with Crippen molar-refractivity contribution in [1.29, 1.82) is 0 Å². The monoisotopic (exact) mass is 634 g/mol. The molecule has 0 aromatic heterocycles. The molecule has 0 aliphatic heterocycles. The first kappa shape index (κ1) is 30.7. The molecule has 1 unspecified atom stereocenters. The molecule has 6 rings (SSSR count). The van der Waals surface area contributed by atoms with Gasteiger partial charge in [-0.05, 0) is 0 Å². The molecule has 0 heterocycles. The molecule has 0 N–H and O–H groups in total. The van der Waals surface area contributed by atoms with Crippen LogP contribution in [0.25, 0.3) is 22.3 Å². The van der Waals surface area contributed by atoms with Gasteiger partial charge in [0.15, 0.2) is 0 Å². The Balaban J connectivity index is 0.00000176. The van der Waals surface area contributed by atoms with Crippen LogP contribution in [-0.2, 0) is 32.1 Å². The van der Waals surface area contributed by atoms with Crippen molar-refractivity contribution in [2.75, 3.05) is 0 Å². The van der Waals surface area contributed by atoms with Gasteiger partial charge in [0.1, 0.15) is 0 Å². The molecule has 0 bridgehead atoms. The van der Waals surface area contributed by atoms with Crippen LogP contribution in [0.2, 0.25) is 0 Å². The summed E-state index contributed by atoms with van der Waals surface area (Å²) in [5, 5.41) is 0. The van der Waals surface area contributed by atoms with Crippen LogP contribution in [-0.4, -0.2) is 4.21 Å². The summed E-state index contributed by atoms with van der Waals surface area (Å²) >= 11 is -2.36. The first-order valence-corrected chi connectivity index (χ1v) is 18.5. The van der Waals surface area contributed by atoms with Crippen molar-refractivity contribution in [3.8, 4) is 11.1 Å². The van der Waals surface area contributed by atoms with Crippen molar-refractivity contribution in [2.24, 2.45) is 11.8 Å². The molecule has 2 aromatic carbocycles. The van der Waals surface area contributed by atoms with Crippen LogP contribution in [0.3, 0.4) is 0 Å². The van der Waals surface area contributed by atoms with Gasteiger partial charge in [-0.25, -0.2) is 0 Å². The minimum Gasteiger partial charge on any atom is -1.00 e. The molecule has 204 valence electrons. The molecule has 1 atom stereocenters. The van der Waals surface area contributed by atoms with Crippen LogP contribution in [0.1, 0.15) is 106 Å². The molecule has 0 fully saturated rings. The van der Waals surface area contributed by atoms with Gasteiger partial charge < -0.3 is 24.8 Å². The third-order valence-corrected chi connectivity index (χ3v) is 16.7. The number of benzene rings is 2. The molecular weight excluding hydrogens is 595 g/mol. The topological polar surface area (TPSA) is 0 Å². The van der Waals surface area contributed by atoms with Crippen molar-refractivity contribution in [1.82, 2.24) is 0 Å². The average Bonchev–Trinajstić information content (AvgIpc) is 3.43. The van der Waals surface area contributed by atoms with E-state index in [1.807, 2.05) is 0 Å². The standard InChI is InChI=1S/C25H25.C10H15.CH2.2ClH.Zr/c1-14-12-24(3,4)22-8-16-7-17-9-23-19(15(2)13-25(23,5)6)11-21(17)20(16)10-18(14)22;1-7(2)10-6-8(3)5-9(10)4;;;;/h7-13H,1-6H3;6-8H,1-4H3;1H2;2*1H;/q;;;;;+2/p-2. The number of allylic oxidation sites excluding steroid dienone is 8. The fourth-order valence-electron chi connectivity index (χ4n) is 8.12. The van der Waals surface area contributed by atoms with Crippen molar-refractivity contribution >= 4 is 15.4 Å². The minimum atomic E-state index is -2.36. The largest absolute Gasteiger partial charge is 1.00 e. The van der Waals surface area contributed by atoms with Gasteiger partial charge in [-0.3, -0.25) is 0 Å². The normalized spacial score (nSPS) is 21.2. The summed E-state index contributed by atoms with van der Waals surface area (Å²) in [6.07, 6.45) is 7.49. The van der Waals surface area contributed by atoms with Crippen molar-refractivity contribution in [3.05, 3.63) is 90.3 Å². The molecule has 2 aromatic rings. The van der Waals surface area contributed by atoms with Gasteiger partial charge >= 0.3 is 234 Å². The first-order chi connectivity index (χ1) is 17.2. The fourth-order valence-corrected chi connectivity index (χ4v) is 15.1. The molecule has 0 spiro atoms. The number of hydrogen-bond acceptors (Lipinski definition) is 0. The molecule has 0 saturated heterocycles. The average molecular weight is 637 g/mol. The zero-order valence-electron chi connectivity index (χ0n) is 25.2. The van der Waals surface area contributed by atoms with Gasteiger partial charge in [-0.15, -0.1) is 0 Å². The smallest absolute Gasteiger partial charge is 1.00 e. The zero-order valence-corrected chi connectivity index (χ0v) is 29.2. The Morgan fingerprint density at radius 3 is 1.56 bits per heavy atom. The molecule has 4 aliphatic rings. The van der Waals surface area contributed by atoms with Crippen LogP contribution < -0.4 is 24.8 Å².